The van der Waals surface area contributed by atoms with E-state index in [9.17, 15) is 18.3 Å². The molecule has 20 heavy (non-hydrogen) atoms. The molecule has 0 amide bonds. The standard InChI is InChI=1S/C15H12ClF3O/c1-9-4-2-7-12(13(9)16)14(20)10-5-3-6-11(8-10)15(17,18)19/h2-8,14,20H,1H3. The van der Waals surface area contributed by atoms with Crippen LogP contribution in [-0.4, -0.2) is 5.11 Å². The number of aliphatic hydroxyl groups is 1. The van der Waals surface area contributed by atoms with Crippen LogP contribution >= 0.6 is 11.6 Å². The van der Waals surface area contributed by atoms with Gasteiger partial charge in [-0.25, -0.2) is 0 Å². The second-order valence-electron chi connectivity index (χ2n) is 4.50. The predicted molar refractivity (Wildman–Crippen MR) is 71.7 cm³/mol. The van der Waals surface area contributed by atoms with Gasteiger partial charge in [0, 0.05) is 10.6 Å². The summed E-state index contributed by atoms with van der Waals surface area (Å²) in [5.41, 5.74) is 0.520. The zero-order chi connectivity index (χ0) is 14.9. The van der Waals surface area contributed by atoms with Gasteiger partial charge in [0.15, 0.2) is 0 Å². The van der Waals surface area contributed by atoms with Crippen LogP contribution in [0.5, 0.6) is 0 Å². The Hall–Kier alpha value is -1.52. The summed E-state index contributed by atoms with van der Waals surface area (Å²) in [6.45, 7) is 1.77. The summed E-state index contributed by atoms with van der Waals surface area (Å²) in [5.74, 6) is 0. The average Bonchev–Trinajstić information content (AvgIpc) is 2.40. The maximum absolute atomic E-state index is 12.7. The molecule has 1 nitrogen and oxygen atoms in total. The molecule has 0 spiro atoms. The first-order valence-corrected chi connectivity index (χ1v) is 6.28. The number of benzene rings is 2. The minimum atomic E-state index is -4.44. The molecule has 106 valence electrons. The fourth-order valence-electron chi connectivity index (χ4n) is 1.95. The molecule has 0 saturated heterocycles. The SMILES string of the molecule is Cc1cccc(C(O)c2cccc(C(F)(F)F)c2)c1Cl. The Morgan fingerprint density at radius 1 is 1.10 bits per heavy atom. The highest BCUT2D eigenvalue weighted by molar-refractivity contribution is 6.32. The van der Waals surface area contributed by atoms with E-state index in [1.807, 2.05) is 0 Å². The molecule has 2 rings (SSSR count). The van der Waals surface area contributed by atoms with Crippen LogP contribution in [0.1, 0.15) is 28.4 Å². The first kappa shape index (κ1) is 14.9. The van der Waals surface area contributed by atoms with Crippen molar-refractivity contribution >= 4 is 11.6 Å². The third-order valence-corrected chi connectivity index (χ3v) is 3.56. The van der Waals surface area contributed by atoms with Gasteiger partial charge >= 0.3 is 6.18 Å². The van der Waals surface area contributed by atoms with Crippen LogP contribution in [0, 0.1) is 6.92 Å². The van der Waals surface area contributed by atoms with Crippen LogP contribution in [0.25, 0.3) is 0 Å². The van der Waals surface area contributed by atoms with Crippen molar-refractivity contribution in [3.05, 3.63) is 69.7 Å². The summed E-state index contributed by atoms with van der Waals surface area (Å²) in [4.78, 5) is 0. The summed E-state index contributed by atoms with van der Waals surface area (Å²) in [7, 11) is 0. The van der Waals surface area contributed by atoms with Gasteiger partial charge < -0.3 is 5.11 Å². The summed E-state index contributed by atoms with van der Waals surface area (Å²) < 4.78 is 38.0. The second kappa shape index (κ2) is 5.46. The lowest BCUT2D eigenvalue weighted by atomic mass is 9.98. The zero-order valence-electron chi connectivity index (χ0n) is 10.6. The highest BCUT2D eigenvalue weighted by atomic mass is 35.5. The monoisotopic (exact) mass is 300 g/mol. The van der Waals surface area contributed by atoms with Crippen LogP contribution in [0.15, 0.2) is 42.5 Å². The number of hydrogen-bond donors (Lipinski definition) is 1. The van der Waals surface area contributed by atoms with Gasteiger partial charge in [-0.05, 0) is 30.2 Å². The van der Waals surface area contributed by atoms with Gasteiger partial charge in [-0.15, -0.1) is 0 Å². The Kier molecular flexibility index (Phi) is 4.06. The van der Waals surface area contributed by atoms with Crippen molar-refractivity contribution in [3.63, 3.8) is 0 Å². The van der Waals surface area contributed by atoms with Crippen LogP contribution in [0.3, 0.4) is 0 Å². The third-order valence-electron chi connectivity index (χ3n) is 3.05. The number of hydrogen-bond acceptors (Lipinski definition) is 1. The molecule has 0 fully saturated rings. The van der Waals surface area contributed by atoms with Crippen LogP contribution in [0.4, 0.5) is 13.2 Å². The lowest BCUT2D eigenvalue weighted by Crippen LogP contribution is -2.07. The fraction of sp³-hybridized carbons (Fsp3) is 0.200. The highest BCUT2D eigenvalue weighted by Crippen LogP contribution is 2.34. The van der Waals surface area contributed by atoms with Crippen molar-refractivity contribution in [1.82, 2.24) is 0 Å². The molecule has 0 aliphatic heterocycles. The van der Waals surface area contributed by atoms with Gasteiger partial charge in [0.1, 0.15) is 6.10 Å². The Bertz CT molecular complexity index is 623. The second-order valence-corrected chi connectivity index (χ2v) is 4.88. The number of aryl methyl sites for hydroxylation is 1. The quantitative estimate of drug-likeness (QED) is 0.848. The van der Waals surface area contributed by atoms with E-state index in [0.717, 1.165) is 17.7 Å². The van der Waals surface area contributed by atoms with Gasteiger partial charge in [0.25, 0.3) is 0 Å². The van der Waals surface area contributed by atoms with E-state index in [-0.39, 0.29) is 5.56 Å². The van der Waals surface area contributed by atoms with E-state index in [2.05, 4.69) is 0 Å². The van der Waals surface area contributed by atoms with Crippen molar-refractivity contribution < 1.29 is 18.3 Å². The Balaban J connectivity index is 2.44. The van der Waals surface area contributed by atoms with Crippen molar-refractivity contribution in [1.29, 1.82) is 0 Å². The van der Waals surface area contributed by atoms with Gasteiger partial charge in [-0.1, -0.05) is 41.9 Å². The molecule has 2 aromatic carbocycles. The molecule has 1 unspecified atom stereocenters. The molecule has 0 radical (unpaired) electrons. The Labute approximate surface area is 119 Å². The fourth-order valence-corrected chi connectivity index (χ4v) is 2.18. The van der Waals surface area contributed by atoms with E-state index in [1.54, 1.807) is 25.1 Å². The summed E-state index contributed by atoms with van der Waals surface area (Å²) in [5, 5.41) is 10.6. The first-order valence-electron chi connectivity index (χ1n) is 5.91. The molecule has 0 bridgehead atoms. The highest BCUT2D eigenvalue weighted by Gasteiger charge is 2.31. The van der Waals surface area contributed by atoms with E-state index < -0.39 is 17.8 Å². The van der Waals surface area contributed by atoms with Crippen molar-refractivity contribution in [2.24, 2.45) is 0 Å². The Morgan fingerprint density at radius 2 is 1.75 bits per heavy atom. The molecule has 0 heterocycles. The average molecular weight is 301 g/mol. The van der Waals surface area contributed by atoms with E-state index in [4.69, 9.17) is 11.6 Å². The number of alkyl halides is 3. The van der Waals surface area contributed by atoms with Gasteiger partial charge in [-0.2, -0.15) is 13.2 Å². The summed E-state index contributed by atoms with van der Waals surface area (Å²) in [6, 6.07) is 9.68. The van der Waals surface area contributed by atoms with E-state index in [0.29, 0.717) is 10.6 Å². The molecule has 5 heteroatoms. The minimum absolute atomic E-state index is 0.160. The summed E-state index contributed by atoms with van der Waals surface area (Å²) >= 11 is 6.09. The van der Waals surface area contributed by atoms with Crippen LogP contribution in [0.2, 0.25) is 5.02 Å². The molecule has 0 aliphatic rings. The molecule has 1 N–H and O–H groups in total. The Morgan fingerprint density at radius 3 is 2.40 bits per heavy atom. The van der Waals surface area contributed by atoms with Crippen LogP contribution in [-0.2, 0) is 6.18 Å². The normalized spacial score (nSPS) is 13.3. The number of rotatable bonds is 2. The number of aliphatic hydroxyl groups excluding tert-OH is 1. The van der Waals surface area contributed by atoms with Gasteiger partial charge in [-0.3, -0.25) is 0 Å². The lowest BCUT2D eigenvalue weighted by Gasteiger charge is -2.16. The predicted octanol–water partition coefficient (Wildman–Crippen LogP) is 4.75. The topological polar surface area (TPSA) is 20.2 Å². The lowest BCUT2D eigenvalue weighted by molar-refractivity contribution is -0.137. The minimum Gasteiger partial charge on any atom is -0.384 e. The summed E-state index contributed by atoms with van der Waals surface area (Å²) in [6.07, 6.45) is -5.63. The molecule has 2 aromatic rings. The van der Waals surface area contributed by atoms with Gasteiger partial charge in [0.05, 0.1) is 5.56 Å². The molecular weight excluding hydrogens is 289 g/mol. The maximum atomic E-state index is 12.7. The third kappa shape index (κ3) is 2.97. The van der Waals surface area contributed by atoms with E-state index >= 15 is 0 Å². The maximum Gasteiger partial charge on any atom is 0.416 e. The van der Waals surface area contributed by atoms with Crippen LogP contribution < -0.4 is 0 Å². The molecule has 0 aromatic heterocycles. The molecule has 0 saturated carbocycles. The zero-order valence-corrected chi connectivity index (χ0v) is 11.3. The first-order chi connectivity index (χ1) is 9.30. The van der Waals surface area contributed by atoms with Crippen molar-refractivity contribution in [3.8, 4) is 0 Å². The van der Waals surface area contributed by atoms with Gasteiger partial charge in [0.2, 0.25) is 0 Å². The smallest absolute Gasteiger partial charge is 0.384 e. The molecular formula is C15H12ClF3O. The molecule has 0 aliphatic carbocycles. The largest absolute Gasteiger partial charge is 0.416 e. The molecule has 1 atom stereocenters. The number of halogens is 4. The van der Waals surface area contributed by atoms with Crippen molar-refractivity contribution in [2.75, 3.05) is 0 Å². The van der Waals surface area contributed by atoms with E-state index in [1.165, 1.54) is 12.1 Å². The van der Waals surface area contributed by atoms with Crippen molar-refractivity contribution in [2.45, 2.75) is 19.2 Å².